The van der Waals surface area contributed by atoms with E-state index in [0.29, 0.717) is 6.54 Å². The normalized spacial score (nSPS) is 10.9. The van der Waals surface area contributed by atoms with E-state index in [1.54, 1.807) is 16.7 Å². The second kappa shape index (κ2) is 11.2. The average molecular weight is 471 g/mol. The topological polar surface area (TPSA) is 51.0 Å². The summed E-state index contributed by atoms with van der Waals surface area (Å²) in [7, 11) is 1.85. The van der Waals surface area contributed by atoms with Gasteiger partial charge in [0, 0.05) is 30.5 Å². The van der Waals surface area contributed by atoms with E-state index >= 15 is 0 Å². The minimum atomic E-state index is 0.0615. The maximum absolute atomic E-state index is 12.5. The highest BCUT2D eigenvalue weighted by Crippen LogP contribution is 2.28. The fourth-order valence-electron chi connectivity index (χ4n) is 3.77. The number of aromatic nitrogens is 3. The van der Waals surface area contributed by atoms with Gasteiger partial charge >= 0.3 is 0 Å². The van der Waals surface area contributed by atoms with Gasteiger partial charge < -0.3 is 4.90 Å². The highest BCUT2D eigenvalue weighted by molar-refractivity contribution is 7.98. The van der Waals surface area contributed by atoms with Crippen molar-refractivity contribution in [3.63, 3.8) is 0 Å². The number of aryl methyl sites for hydroxylation is 1. The number of nitrogens with zero attached hydrogens (tertiary/aromatic N) is 4. The lowest BCUT2D eigenvalue weighted by atomic mass is 10.1. The molecule has 34 heavy (non-hydrogen) atoms. The van der Waals surface area contributed by atoms with E-state index in [4.69, 9.17) is 0 Å². The summed E-state index contributed by atoms with van der Waals surface area (Å²) in [4.78, 5) is 14.3. The van der Waals surface area contributed by atoms with Crippen LogP contribution >= 0.6 is 11.8 Å². The lowest BCUT2D eigenvalue weighted by molar-refractivity contribution is 0.0795. The molecule has 4 aromatic rings. The van der Waals surface area contributed by atoms with Gasteiger partial charge in [-0.3, -0.25) is 9.36 Å². The molecule has 0 atom stereocenters. The first-order valence-corrected chi connectivity index (χ1v) is 12.5. The second-order valence-corrected chi connectivity index (χ2v) is 9.40. The highest BCUT2D eigenvalue weighted by atomic mass is 32.2. The first kappa shape index (κ1) is 23.8. The van der Waals surface area contributed by atoms with Crippen molar-refractivity contribution in [2.24, 2.45) is 0 Å². The molecular formula is C28H30N4OS. The van der Waals surface area contributed by atoms with Gasteiger partial charge in [-0.15, -0.1) is 10.2 Å². The number of hydrogen-bond donors (Lipinski definition) is 0. The summed E-state index contributed by atoms with van der Waals surface area (Å²) in [5, 5.41) is 9.95. The zero-order chi connectivity index (χ0) is 23.9. The van der Waals surface area contributed by atoms with Crippen LogP contribution in [0.1, 0.15) is 40.4 Å². The Kier molecular flexibility index (Phi) is 7.80. The molecule has 174 valence electrons. The van der Waals surface area contributed by atoms with Crippen LogP contribution in [0.15, 0.2) is 84.0 Å². The van der Waals surface area contributed by atoms with Crippen LogP contribution in [0.5, 0.6) is 0 Å². The second-order valence-electron chi connectivity index (χ2n) is 8.46. The largest absolute Gasteiger partial charge is 0.342 e. The molecule has 0 spiro atoms. The van der Waals surface area contributed by atoms with E-state index in [1.165, 1.54) is 11.1 Å². The molecule has 0 unspecified atom stereocenters. The monoisotopic (exact) mass is 470 g/mol. The molecule has 0 aliphatic heterocycles. The van der Waals surface area contributed by atoms with Crippen LogP contribution in [-0.2, 0) is 12.3 Å². The van der Waals surface area contributed by atoms with Crippen LogP contribution in [0.25, 0.3) is 11.4 Å². The lowest BCUT2D eigenvalue weighted by Gasteiger charge is -2.16. The van der Waals surface area contributed by atoms with Gasteiger partial charge in [-0.1, -0.05) is 91.0 Å². The van der Waals surface area contributed by atoms with Crippen LogP contribution in [0.4, 0.5) is 0 Å². The van der Waals surface area contributed by atoms with E-state index in [2.05, 4.69) is 77.1 Å². The Balaban J connectivity index is 1.53. The summed E-state index contributed by atoms with van der Waals surface area (Å²) in [6.45, 7) is 5.62. The Hall–Kier alpha value is -3.38. The Labute approximate surface area is 205 Å². The molecule has 0 N–H and O–H groups in total. The Morgan fingerprint density at radius 1 is 0.912 bits per heavy atom. The van der Waals surface area contributed by atoms with Crippen molar-refractivity contribution in [2.45, 2.75) is 37.7 Å². The zero-order valence-electron chi connectivity index (χ0n) is 19.9. The molecule has 1 amide bonds. The van der Waals surface area contributed by atoms with Gasteiger partial charge in [0.05, 0.1) is 6.54 Å². The molecule has 4 rings (SSSR count). The SMILES string of the molecule is CCCN(C)C(=O)c1ccc(CSc2nnc(-c3ccc(C)cc3)n2Cc2ccccc2)cc1. The number of thioether (sulfide) groups is 1. The first-order valence-electron chi connectivity index (χ1n) is 11.6. The predicted molar refractivity (Wildman–Crippen MR) is 139 cm³/mol. The summed E-state index contributed by atoms with van der Waals surface area (Å²) in [5.41, 5.74) is 5.34. The fraction of sp³-hybridized carbons (Fsp3) is 0.250. The Bertz CT molecular complexity index is 1220. The molecule has 0 bridgehead atoms. The number of amides is 1. The van der Waals surface area contributed by atoms with E-state index in [9.17, 15) is 4.79 Å². The molecule has 3 aromatic carbocycles. The molecule has 1 heterocycles. The Morgan fingerprint density at radius 2 is 1.62 bits per heavy atom. The van der Waals surface area contributed by atoms with Crippen molar-refractivity contribution < 1.29 is 4.79 Å². The number of carbonyl (C=O) groups excluding carboxylic acids is 1. The lowest BCUT2D eigenvalue weighted by Crippen LogP contribution is -2.27. The standard InChI is InChI=1S/C28H30N4OS/c1-4-18-31(3)27(33)25-16-12-23(13-17-25)20-34-28-30-29-26(24-14-10-21(2)11-15-24)32(28)19-22-8-6-5-7-9-22/h5-17H,4,18-20H2,1-3H3. The Morgan fingerprint density at radius 3 is 2.29 bits per heavy atom. The van der Waals surface area contributed by atoms with Gasteiger partial charge in [-0.2, -0.15) is 0 Å². The van der Waals surface area contributed by atoms with E-state index in [-0.39, 0.29) is 5.91 Å². The van der Waals surface area contributed by atoms with Gasteiger partial charge in [0.25, 0.3) is 5.91 Å². The third-order valence-electron chi connectivity index (χ3n) is 5.68. The quantitative estimate of drug-likeness (QED) is 0.278. The van der Waals surface area contributed by atoms with Crippen LogP contribution in [-0.4, -0.2) is 39.2 Å². The summed E-state index contributed by atoms with van der Waals surface area (Å²) in [6, 6.07) is 26.7. The number of rotatable bonds is 9. The highest BCUT2D eigenvalue weighted by Gasteiger charge is 2.16. The molecule has 0 aliphatic rings. The van der Waals surface area contributed by atoms with Crippen molar-refractivity contribution in [2.75, 3.05) is 13.6 Å². The average Bonchev–Trinajstić information content (AvgIpc) is 3.26. The van der Waals surface area contributed by atoms with Gasteiger partial charge in [0.15, 0.2) is 11.0 Å². The minimum absolute atomic E-state index is 0.0615. The molecule has 6 heteroatoms. The molecular weight excluding hydrogens is 440 g/mol. The van der Waals surface area contributed by atoms with Gasteiger partial charge in [-0.25, -0.2) is 0 Å². The zero-order valence-corrected chi connectivity index (χ0v) is 20.8. The van der Waals surface area contributed by atoms with Crippen LogP contribution < -0.4 is 0 Å². The van der Waals surface area contributed by atoms with Crippen LogP contribution in [0.2, 0.25) is 0 Å². The molecule has 1 aromatic heterocycles. The van der Waals surface area contributed by atoms with Crippen molar-refractivity contribution in [3.8, 4) is 11.4 Å². The van der Waals surface area contributed by atoms with Gasteiger partial charge in [-0.05, 0) is 36.6 Å². The molecule has 0 saturated heterocycles. The van der Waals surface area contributed by atoms with Crippen molar-refractivity contribution in [1.82, 2.24) is 19.7 Å². The summed E-state index contributed by atoms with van der Waals surface area (Å²) < 4.78 is 2.18. The van der Waals surface area contributed by atoms with Crippen molar-refractivity contribution >= 4 is 17.7 Å². The van der Waals surface area contributed by atoms with Crippen molar-refractivity contribution in [1.29, 1.82) is 0 Å². The molecule has 0 saturated carbocycles. The van der Waals surface area contributed by atoms with E-state index in [0.717, 1.165) is 46.4 Å². The van der Waals surface area contributed by atoms with Crippen LogP contribution in [0, 0.1) is 6.92 Å². The fourth-order valence-corrected chi connectivity index (χ4v) is 4.66. The third-order valence-corrected chi connectivity index (χ3v) is 6.72. The smallest absolute Gasteiger partial charge is 0.253 e. The molecule has 0 fully saturated rings. The summed E-state index contributed by atoms with van der Waals surface area (Å²) >= 11 is 1.66. The number of benzene rings is 3. The summed E-state index contributed by atoms with van der Waals surface area (Å²) in [5.74, 6) is 1.68. The number of hydrogen-bond acceptors (Lipinski definition) is 4. The van der Waals surface area contributed by atoms with Crippen molar-refractivity contribution in [3.05, 3.63) is 101 Å². The van der Waals surface area contributed by atoms with E-state index < -0.39 is 0 Å². The molecule has 0 radical (unpaired) electrons. The van der Waals surface area contributed by atoms with Gasteiger partial charge in [0.2, 0.25) is 0 Å². The first-order chi connectivity index (χ1) is 16.5. The third kappa shape index (κ3) is 5.75. The predicted octanol–water partition coefficient (Wildman–Crippen LogP) is 6.08. The van der Waals surface area contributed by atoms with E-state index in [1.807, 2.05) is 37.4 Å². The summed E-state index contributed by atoms with van der Waals surface area (Å²) in [6.07, 6.45) is 0.950. The number of carbonyl (C=O) groups is 1. The molecule has 0 aliphatic carbocycles. The maximum Gasteiger partial charge on any atom is 0.253 e. The van der Waals surface area contributed by atoms with Crippen LogP contribution in [0.3, 0.4) is 0 Å². The minimum Gasteiger partial charge on any atom is -0.342 e. The van der Waals surface area contributed by atoms with Gasteiger partial charge in [0.1, 0.15) is 0 Å². The maximum atomic E-state index is 12.5. The molecule has 5 nitrogen and oxygen atoms in total.